The average Bonchev–Trinajstić information content (AvgIpc) is 2.79. The van der Waals surface area contributed by atoms with Gasteiger partial charge in [0.1, 0.15) is 0 Å². The van der Waals surface area contributed by atoms with Crippen molar-refractivity contribution in [2.24, 2.45) is 5.92 Å². The molecule has 0 bridgehead atoms. The molecule has 1 unspecified atom stereocenters. The van der Waals surface area contributed by atoms with E-state index in [-0.39, 0.29) is 29.5 Å². The first kappa shape index (κ1) is 21.2. The van der Waals surface area contributed by atoms with Gasteiger partial charge in [-0.25, -0.2) is 9.97 Å². The zero-order valence-electron chi connectivity index (χ0n) is 18.3. The second kappa shape index (κ2) is 8.97. The van der Waals surface area contributed by atoms with Crippen LogP contribution in [0.2, 0.25) is 0 Å². The molecule has 0 spiro atoms. The number of hydrogen-bond acceptors (Lipinski definition) is 7. The fourth-order valence-electron chi connectivity index (χ4n) is 4.39. The van der Waals surface area contributed by atoms with Gasteiger partial charge in [0.25, 0.3) is 5.91 Å². The van der Waals surface area contributed by atoms with Crippen molar-refractivity contribution in [1.29, 1.82) is 0 Å². The lowest BCUT2D eigenvalue weighted by molar-refractivity contribution is -0.121. The van der Waals surface area contributed by atoms with Crippen molar-refractivity contribution in [1.82, 2.24) is 25.2 Å². The Kier molecular flexibility index (Phi) is 6.13. The van der Waals surface area contributed by atoms with Crippen molar-refractivity contribution in [2.45, 2.75) is 32.7 Å². The van der Waals surface area contributed by atoms with Crippen molar-refractivity contribution in [3.63, 3.8) is 0 Å². The number of piperazine rings is 1. The largest absolute Gasteiger partial charge is 0.366 e. The Morgan fingerprint density at radius 1 is 1.16 bits per heavy atom. The van der Waals surface area contributed by atoms with Gasteiger partial charge in [0.05, 0.1) is 29.5 Å². The first-order valence-electron chi connectivity index (χ1n) is 10.8. The Balaban J connectivity index is 1.36. The number of carbonyl (C=O) groups excluding carboxylic acids is 2. The van der Waals surface area contributed by atoms with Crippen LogP contribution in [0.5, 0.6) is 0 Å². The summed E-state index contributed by atoms with van der Waals surface area (Å²) < 4.78 is 0. The topological polar surface area (TPSA) is 103 Å². The van der Waals surface area contributed by atoms with Crippen LogP contribution in [0.1, 0.15) is 48.1 Å². The molecule has 2 N–H and O–H groups in total. The number of anilines is 2. The van der Waals surface area contributed by atoms with Crippen LogP contribution in [0, 0.1) is 5.92 Å². The second-order valence-corrected chi connectivity index (χ2v) is 8.18. The Morgan fingerprint density at radius 3 is 2.52 bits per heavy atom. The quantitative estimate of drug-likeness (QED) is 0.753. The summed E-state index contributed by atoms with van der Waals surface area (Å²) >= 11 is 0. The lowest BCUT2D eigenvalue weighted by Crippen LogP contribution is -2.46. The Morgan fingerprint density at radius 2 is 1.87 bits per heavy atom. The highest BCUT2D eigenvalue weighted by Crippen LogP contribution is 2.36. The molecule has 1 fully saturated rings. The molecular weight excluding hydrogens is 394 g/mol. The molecule has 2 atom stereocenters. The molecule has 2 aliphatic rings. The number of nitrogens with zero attached hydrogens (tertiary/aromatic N) is 5. The number of rotatable bonds is 5. The predicted octanol–water partition coefficient (Wildman–Crippen LogP) is 1.64. The third kappa shape index (κ3) is 4.36. The first-order chi connectivity index (χ1) is 15.0. The summed E-state index contributed by atoms with van der Waals surface area (Å²) in [7, 11) is 1.56. The molecule has 0 radical (unpaired) electrons. The summed E-state index contributed by atoms with van der Waals surface area (Å²) in [6, 6.07) is 2.07. The third-order valence-corrected chi connectivity index (χ3v) is 6.26. The summed E-state index contributed by atoms with van der Waals surface area (Å²) in [4.78, 5) is 41.5. The lowest BCUT2D eigenvalue weighted by Gasteiger charge is -2.36. The maximum Gasteiger partial charge on any atom is 0.288 e. The highest BCUT2D eigenvalue weighted by Gasteiger charge is 2.32. The molecule has 2 aliphatic heterocycles. The number of hydrogen-bond donors (Lipinski definition) is 2. The van der Waals surface area contributed by atoms with E-state index >= 15 is 0 Å². The van der Waals surface area contributed by atoms with E-state index in [2.05, 4.69) is 48.4 Å². The normalized spacial score (nSPS) is 21.4. The monoisotopic (exact) mass is 423 g/mol. The van der Waals surface area contributed by atoms with E-state index in [4.69, 9.17) is 0 Å². The molecule has 2 amide bonds. The van der Waals surface area contributed by atoms with Crippen LogP contribution in [0.3, 0.4) is 0 Å². The fraction of sp³-hybridized carbons (Fsp3) is 0.500. The standard InChI is InChI=1S/C22H29N7O2/c1-4-17-14(2)19-18(27-21(17)30)9-15(10-24-19)13-28-5-7-29(8-6-28)16-11-25-20(26-12-16)22(31)23-3/h9-12,14,17H,4-8,13H2,1-3H3,(H,23,31)(H,27,30)/t14-,17?/m1/s1. The smallest absolute Gasteiger partial charge is 0.288 e. The highest BCUT2D eigenvalue weighted by molar-refractivity contribution is 5.96. The maximum atomic E-state index is 12.4. The molecule has 9 nitrogen and oxygen atoms in total. The first-order valence-corrected chi connectivity index (χ1v) is 10.8. The van der Waals surface area contributed by atoms with Crippen molar-refractivity contribution in [3.05, 3.63) is 41.7 Å². The number of nitrogens with one attached hydrogen (secondary N) is 2. The number of pyridine rings is 1. The minimum atomic E-state index is -0.286. The number of fused-ring (bicyclic) bond motifs is 1. The Hall–Kier alpha value is -3.07. The summed E-state index contributed by atoms with van der Waals surface area (Å²) in [5.41, 5.74) is 3.87. The fourth-order valence-corrected chi connectivity index (χ4v) is 4.39. The molecule has 1 saturated heterocycles. The van der Waals surface area contributed by atoms with Crippen molar-refractivity contribution >= 4 is 23.2 Å². The minimum absolute atomic E-state index is 0.00618. The van der Waals surface area contributed by atoms with Crippen LogP contribution >= 0.6 is 0 Å². The summed E-state index contributed by atoms with van der Waals surface area (Å²) in [5.74, 6) is 0.124. The van der Waals surface area contributed by atoms with Crippen LogP contribution in [-0.4, -0.2) is 64.9 Å². The lowest BCUT2D eigenvalue weighted by atomic mass is 9.84. The van der Waals surface area contributed by atoms with Crippen LogP contribution in [0.4, 0.5) is 11.4 Å². The molecule has 0 saturated carbocycles. The van der Waals surface area contributed by atoms with E-state index in [1.54, 1.807) is 19.4 Å². The van der Waals surface area contributed by atoms with E-state index in [0.717, 1.165) is 61.8 Å². The van der Waals surface area contributed by atoms with Gasteiger partial charge < -0.3 is 15.5 Å². The molecule has 164 valence electrons. The van der Waals surface area contributed by atoms with Crippen LogP contribution in [0.15, 0.2) is 24.7 Å². The predicted molar refractivity (Wildman–Crippen MR) is 118 cm³/mol. The van der Waals surface area contributed by atoms with Gasteiger partial charge in [0.2, 0.25) is 11.7 Å². The molecule has 4 rings (SSSR count). The maximum absolute atomic E-state index is 12.4. The minimum Gasteiger partial charge on any atom is -0.366 e. The Bertz CT molecular complexity index is 955. The third-order valence-electron chi connectivity index (χ3n) is 6.26. The van der Waals surface area contributed by atoms with E-state index in [9.17, 15) is 9.59 Å². The van der Waals surface area contributed by atoms with Gasteiger partial charge in [0, 0.05) is 57.8 Å². The summed E-state index contributed by atoms with van der Waals surface area (Å²) in [6.07, 6.45) is 6.17. The second-order valence-electron chi connectivity index (χ2n) is 8.18. The summed E-state index contributed by atoms with van der Waals surface area (Å²) in [5, 5.41) is 5.57. The average molecular weight is 424 g/mol. The van der Waals surface area contributed by atoms with Crippen LogP contribution < -0.4 is 15.5 Å². The molecule has 2 aromatic rings. The molecular formula is C22H29N7O2. The Labute approximate surface area is 182 Å². The van der Waals surface area contributed by atoms with Crippen molar-refractivity contribution in [2.75, 3.05) is 43.4 Å². The number of aromatic nitrogens is 3. The van der Waals surface area contributed by atoms with Gasteiger partial charge in [-0.3, -0.25) is 19.5 Å². The van der Waals surface area contributed by atoms with E-state index in [1.165, 1.54) is 0 Å². The molecule has 9 heteroatoms. The SMILES string of the molecule is CCC1C(=O)Nc2cc(CN3CCN(c4cnc(C(=O)NC)nc4)CC3)cnc2[C@@H]1C. The number of carbonyl (C=O) groups is 2. The van der Waals surface area contributed by atoms with Crippen molar-refractivity contribution in [3.8, 4) is 0 Å². The van der Waals surface area contributed by atoms with Gasteiger partial charge in [-0.15, -0.1) is 0 Å². The highest BCUT2D eigenvalue weighted by atomic mass is 16.2. The molecule has 0 aliphatic carbocycles. The van der Waals surface area contributed by atoms with E-state index in [1.807, 2.05) is 13.1 Å². The van der Waals surface area contributed by atoms with Crippen molar-refractivity contribution < 1.29 is 9.59 Å². The van der Waals surface area contributed by atoms with Gasteiger partial charge in [-0.2, -0.15) is 0 Å². The van der Waals surface area contributed by atoms with Crippen LogP contribution in [0.25, 0.3) is 0 Å². The summed E-state index contributed by atoms with van der Waals surface area (Å²) in [6.45, 7) is 8.43. The molecule has 31 heavy (non-hydrogen) atoms. The zero-order valence-corrected chi connectivity index (χ0v) is 18.3. The van der Waals surface area contributed by atoms with E-state index < -0.39 is 0 Å². The van der Waals surface area contributed by atoms with E-state index in [0.29, 0.717) is 0 Å². The molecule has 2 aromatic heterocycles. The van der Waals surface area contributed by atoms with Gasteiger partial charge in [-0.05, 0) is 18.1 Å². The van der Waals surface area contributed by atoms with Crippen LogP contribution in [-0.2, 0) is 11.3 Å². The van der Waals surface area contributed by atoms with Gasteiger partial charge in [-0.1, -0.05) is 13.8 Å². The zero-order chi connectivity index (χ0) is 22.0. The molecule has 0 aromatic carbocycles. The molecule has 4 heterocycles. The van der Waals surface area contributed by atoms with Gasteiger partial charge >= 0.3 is 0 Å². The number of amides is 2. The van der Waals surface area contributed by atoms with Gasteiger partial charge in [0.15, 0.2) is 0 Å².